The second-order valence-corrected chi connectivity index (χ2v) is 8.37. The van der Waals surface area contributed by atoms with Gasteiger partial charge in [0.05, 0.1) is 5.75 Å². The molecule has 1 unspecified atom stereocenters. The van der Waals surface area contributed by atoms with Crippen LogP contribution in [0.5, 0.6) is 0 Å². The number of amides is 1. The van der Waals surface area contributed by atoms with Crippen molar-refractivity contribution in [1.29, 1.82) is 0 Å². The van der Waals surface area contributed by atoms with Crippen molar-refractivity contribution < 1.29 is 13.2 Å². The van der Waals surface area contributed by atoms with E-state index in [-0.39, 0.29) is 24.1 Å². The lowest BCUT2D eigenvalue weighted by Crippen LogP contribution is -2.52. The first kappa shape index (κ1) is 20.7. The number of hydrogen-bond acceptors (Lipinski definition) is 4. The number of sulfonamides is 1. The first-order valence-electron chi connectivity index (χ1n) is 8.45. The summed E-state index contributed by atoms with van der Waals surface area (Å²) in [7, 11) is -1.35. The summed E-state index contributed by atoms with van der Waals surface area (Å²) in [5.41, 5.74) is 0. The number of piperidine rings is 1. The second kappa shape index (κ2) is 9.20. The molecule has 2 heterocycles. The van der Waals surface area contributed by atoms with Crippen molar-refractivity contribution in [3.63, 3.8) is 0 Å². The molecular formula is C15H30ClN3O3S. The van der Waals surface area contributed by atoms with Crippen molar-refractivity contribution in [2.75, 3.05) is 32.4 Å². The largest absolute Gasteiger partial charge is 0.341 e. The van der Waals surface area contributed by atoms with Crippen molar-refractivity contribution in [2.45, 2.75) is 57.5 Å². The van der Waals surface area contributed by atoms with Gasteiger partial charge in [-0.25, -0.2) is 8.42 Å². The van der Waals surface area contributed by atoms with Gasteiger partial charge in [0.1, 0.15) is 6.04 Å². The number of nitrogens with one attached hydrogen (secondary N) is 1. The quantitative estimate of drug-likeness (QED) is 0.766. The molecule has 2 saturated heterocycles. The van der Waals surface area contributed by atoms with Crippen molar-refractivity contribution in [3.05, 3.63) is 0 Å². The van der Waals surface area contributed by atoms with Crippen LogP contribution in [0.1, 0.15) is 45.4 Å². The van der Waals surface area contributed by atoms with Crippen LogP contribution in [-0.2, 0) is 14.8 Å². The Morgan fingerprint density at radius 3 is 2.39 bits per heavy atom. The van der Waals surface area contributed by atoms with Crippen molar-refractivity contribution >= 4 is 28.3 Å². The van der Waals surface area contributed by atoms with Crippen molar-refractivity contribution in [3.8, 4) is 0 Å². The van der Waals surface area contributed by atoms with E-state index in [2.05, 4.69) is 5.32 Å². The number of hydrogen-bond donors (Lipinski definition) is 1. The second-order valence-electron chi connectivity index (χ2n) is 6.33. The zero-order valence-electron chi connectivity index (χ0n) is 14.2. The third-order valence-corrected chi connectivity index (χ3v) is 6.77. The van der Waals surface area contributed by atoms with E-state index in [9.17, 15) is 13.2 Å². The van der Waals surface area contributed by atoms with E-state index in [0.717, 1.165) is 38.8 Å². The maximum Gasteiger partial charge on any atom is 0.241 e. The van der Waals surface area contributed by atoms with Crippen LogP contribution in [0.15, 0.2) is 0 Å². The molecule has 2 fully saturated rings. The molecule has 1 N–H and O–H groups in total. The van der Waals surface area contributed by atoms with Crippen LogP contribution in [0.2, 0.25) is 0 Å². The number of unbranched alkanes of at least 4 members (excludes halogenated alkanes) is 1. The minimum atomic E-state index is -3.30. The zero-order valence-corrected chi connectivity index (χ0v) is 15.8. The molecule has 1 atom stereocenters. The molecule has 6 nitrogen and oxygen atoms in total. The first-order valence-corrected chi connectivity index (χ1v) is 10.1. The number of rotatable bonds is 6. The fourth-order valence-electron chi connectivity index (χ4n) is 3.36. The molecule has 0 radical (unpaired) electrons. The number of likely N-dealkylation sites (tertiary alicyclic amines) is 1. The van der Waals surface area contributed by atoms with Gasteiger partial charge in [0.25, 0.3) is 0 Å². The van der Waals surface area contributed by atoms with Crippen LogP contribution >= 0.6 is 12.4 Å². The zero-order chi connectivity index (χ0) is 16.2. The van der Waals surface area contributed by atoms with E-state index < -0.39 is 16.1 Å². The molecule has 0 saturated carbocycles. The Kier molecular flexibility index (Phi) is 8.27. The highest BCUT2D eigenvalue weighted by Gasteiger charge is 2.40. The summed E-state index contributed by atoms with van der Waals surface area (Å²) < 4.78 is 26.3. The molecule has 23 heavy (non-hydrogen) atoms. The Morgan fingerprint density at radius 2 is 1.83 bits per heavy atom. The van der Waals surface area contributed by atoms with E-state index >= 15 is 0 Å². The van der Waals surface area contributed by atoms with E-state index in [4.69, 9.17) is 0 Å². The normalized spacial score (nSPS) is 23.7. The van der Waals surface area contributed by atoms with Gasteiger partial charge in [-0.1, -0.05) is 13.3 Å². The van der Waals surface area contributed by atoms with E-state index in [1.807, 2.05) is 18.9 Å². The van der Waals surface area contributed by atoms with Gasteiger partial charge in [-0.15, -0.1) is 12.4 Å². The van der Waals surface area contributed by atoms with Crippen LogP contribution in [0.3, 0.4) is 0 Å². The first-order chi connectivity index (χ1) is 10.5. The van der Waals surface area contributed by atoms with Crippen LogP contribution in [0.4, 0.5) is 0 Å². The average Bonchev–Trinajstić information content (AvgIpc) is 3.03. The molecule has 1 amide bonds. The van der Waals surface area contributed by atoms with Gasteiger partial charge in [0.15, 0.2) is 0 Å². The SMILES string of the molecule is CCCCS(=O)(=O)N1CCCC1C(=O)N1CCC(NC)CC1.Cl. The van der Waals surface area contributed by atoms with Gasteiger partial charge < -0.3 is 10.2 Å². The summed E-state index contributed by atoms with van der Waals surface area (Å²) >= 11 is 0. The molecule has 0 aromatic heterocycles. The van der Waals surface area contributed by atoms with Crippen LogP contribution < -0.4 is 5.32 Å². The lowest BCUT2D eigenvalue weighted by molar-refractivity contribution is -0.135. The van der Waals surface area contributed by atoms with Gasteiger partial charge in [0, 0.05) is 25.7 Å². The molecule has 0 aromatic rings. The van der Waals surface area contributed by atoms with Crippen molar-refractivity contribution in [2.24, 2.45) is 0 Å². The monoisotopic (exact) mass is 367 g/mol. The number of carbonyl (C=O) groups excluding carboxylic acids is 1. The van der Waals surface area contributed by atoms with Gasteiger partial charge in [-0.2, -0.15) is 4.31 Å². The predicted octanol–water partition coefficient (Wildman–Crippen LogP) is 1.21. The van der Waals surface area contributed by atoms with E-state index in [1.54, 1.807) is 0 Å². The number of nitrogens with zero attached hydrogens (tertiary/aromatic N) is 2. The summed E-state index contributed by atoms with van der Waals surface area (Å²) in [6.45, 7) is 3.93. The number of halogens is 1. The lowest BCUT2D eigenvalue weighted by Gasteiger charge is -2.35. The minimum Gasteiger partial charge on any atom is -0.341 e. The summed E-state index contributed by atoms with van der Waals surface area (Å²) in [5, 5.41) is 3.24. The molecule has 136 valence electrons. The molecule has 2 aliphatic rings. The topological polar surface area (TPSA) is 69.7 Å². The summed E-state index contributed by atoms with van der Waals surface area (Å²) in [4.78, 5) is 14.6. The van der Waals surface area contributed by atoms with E-state index in [1.165, 1.54) is 4.31 Å². The highest BCUT2D eigenvalue weighted by Crippen LogP contribution is 2.25. The highest BCUT2D eigenvalue weighted by molar-refractivity contribution is 7.89. The van der Waals surface area contributed by atoms with Crippen LogP contribution in [-0.4, -0.2) is 68.0 Å². The van der Waals surface area contributed by atoms with Gasteiger partial charge in [-0.05, 0) is 39.2 Å². The summed E-state index contributed by atoms with van der Waals surface area (Å²) in [5.74, 6) is 0.168. The minimum absolute atomic E-state index is 0. The molecule has 8 heteroatoms. The van der Waals surface area contributed by atoms with E-state index in [0.29, 0.717) is 25.4 Å². The van der Waals surface area contributed by atoms with Crippen LogP contribution in [0, 0.1) is 0 Å². The Hall–Kier alpha value is -0.370. The lowest BCUT2D eigenvalue weighted by atomic mass is 10.0. The molecule has 0 spiro atoms. The predicted molar refractivity (Wildman–Crippen MR) is 94.3 cm³/mol. The molecule has 0 aliphatic carbocycles. The third-order valence-electron chi connectivity index (χ3n) is 4.82. The standard InChI is InChI=1S/C15H29N3O3S.ClH/c1-3-4-12-22(20,21)18-9-5-6-14(18)15(19)17-10-7-13(16-2)8-11-17;/h13-14,16H,3-12H2,1-2H3;1H. The summed E-state index contributed by atoms with van der Waals surface area (Å²) in [6.07, 6.45) is 4.84. The molecule has 2 aliphatic heterocycles. The molecular weight excluding hydrogens is 338 g/mol. The molecule has 0 aromatic carbocycles. The van der Waals surface area contributed by atoms with Gasteiger partial charge >= 0.3 is 0 Å². The van der Waals surface area contributed by atoms with Crippen LogP contribution in [0.25, 0.3) is 0 Å². The molecule has 0 bridgehead atoms. The Balaban J connectivity index is 0.00000264. The average molecular weight is 368 g/mol. The third kappa shape index (κ3) is 5.05. The highest BCUT2D eigenvalue weighted by atomic mass is 35.5. The number of carbonyl (C=O) groups is 1. The maximum absolute atomic E-state index is 12.7. The fourth-order valence-corrected chi connectivity index (χ4v) is 5.24. The fraction of sp³-hybridized carbons (Fsp3) is 0.933. The van der Waals surface area contributed by atoms with Gasteiger partial charge in [-0.3, -0.25) is 4.79 Å². The van der Waals surface area contributed by atoms with Gasteiger partial charge in [0.2, 0.25) is 15.9 Å². The Morgan fingerprint density at radius 1 is 1.17 bits per heavy atom. The Bertz CT molecular complexity index is 478. The van der Waals surface area contributed by atoms with Crippen molar-refractivity contribution in [1.82, 2.24) is 14.5 Å². The smallest absolute Gasteiger partial charge is 0.241 e. The maximum atomic E-state index is 12.7. The Labute approximate surface area is 146 Å². The summed E-state index contributed by atoms with van der Waals surface area (Å²) in [6, 6.07) is 0.00464. The molecule has 2 rings (SSSR count).